The zero-order chi connectivity index (χ0) is 19.7. The van der Waals surface area contributed by atoms with Gasteiger partial charge in [0.2, 0.25) is 0 Å². The average molecular weight is 409 g/mol. The molecule has 0 bridgehead atoms. The lowest BCUT2D eigenvalue weighted by Crippen LogP contribution is -2.27. The molecule has 2 aromatic heterocycles. The number of thioether (sulfide) groups is 1. The molecule has 1 fully saturated rings. The molecule has 1 N–H and O–H groups in total. The van der Waals surface area contributed by atoms with Crippen molar-refractivity contribution in [1.82, 2.24) is 14.3 Å². The number of hydrogen-bond donors (Lipinski definition) is 1. The van der Waals surface area contributed by atoms with Crippen molar-refractivity contribution < 1.29 is 4.79 Å². The maximum absolute atomic E-state index is 12.9. The smallest absolute Gasteiger partial charge is 0.267 e. The average Bonchev–Trinajstić information content (AvgIpc) is 2.98. The Balaban J connectivity index is 1.73. The predicted octanol–water partition coefficient (Wildman–Crippen LogP) is 3.14. The minimum absolute atomic E-state index is 0.210. The third kappa shape index (κ3) is 3.32. The van der Waals surface area contributed by atoms with E-state index >= 15 is 0 Å². The fourth-order valence-electron chi connectivity index (χ4n) is 2.96. The molecule has 1 aliphatic rings. The van der Waals surface area contributed by atoms with Crippen LogP contribution in [0.15, 0.2) is 64.4 Å². The fourth-order valence-corrected chi connectivity index (χ4v) is 4.19. The predicted molar refractivity (Wildman–Crippen MR) is 116 cm³/mol. The molecule has 0 aliphatic carbocycles. The molecule has 1 amide bonds. The van der Waals surface area contributed by atoms with Crippen molar-refractivity contribution >= 4 is 51.7 Å². The fraction of sp³-hybridized carbons (Fsp3) is 0.100. The van der Waals surface area contributed by atoms with Gasteiger partial charge in [0.25, 0.3) is 11.5 Å². The molecule has 0 atom stereocenters. The summed E-state index contributed by atoms with van der Waals surface area (Å²) in [5.74, 6) is 0.211. The SMILES string of the molecule is CNc1nc2ccccn2c(=O)c1C=C1SC(=S)N(Cc2ccccc2)C1=O. The summed E-state index contributed by atoms with van der Waals surface area (Å²) in [7, 11) is 1.69. The van der Waals surface area contributed by atoms with E-state index in [9.17, 15) is 9.59 Å². The normalized spacial score (nSPS) is 15.6. The lowest BCUT2D eigenvalue weighted by Gasteiger charge is -2.14. The van der Waals surface area contributed by atoms with Gasteiger partial charge >= 0.3 is 0 Å². The van der Waals surface area contributed by atoms with Crippen LogP contribution in [0.4, 0.5) is 5.82 Å². The molecule has 8 heteroatoms. The summed E-state index contributed by atoms with van der Waals surface area (Å²) in [6, 6.07) is 15.0. The number of nitrogens with zero attached hydrogens (tertiary/aromatic N) is 3. The summed E-state index contributed by atoms with van der Waals surface area (Å²) in [6.07, 6.45) is 3.23. The van der Waals surface area contributed by atoms with E-state index in [0.717, 1.165) is 5.56 Å². The van der Waals surface area contributed by atoms with Crippen LogP contribution in [0.25, 0.3) is 11.7 Å². The minimum Gasteiger partial charge on any atom is -0.372 e. The number of anilines is 1. The number of nitrogens with one attached hydrogen (secondary N) is 1. The number of thiocarbonyl (C=S) groups is 1. The molecule has 0 saturated carbocycles. The van der Waals surface area contributed by atoms with Crippen LogP contribution in [0.3, 0.4) is 0 Å². The van der Waals surface area contributed by atoms with Gasteiger partial charge in [0, 0.05) is 13.2 Å². The van der Waals surface area contributed by atoms with Gasteiger partial charge in [0.05, 0.1) is 17.0 Å². The summed E-state index contributed by atoms with van der Waals surface area (Å²) in [4.78, 5) is 32.3. The van der Waals surface area contributed by atoms with Crippen molar-refractivity contribution in [3.8, 4) is 0 Å². The molecule has 1 aromatic carbocycles. The van der Waals surface area contributed by atoms with Gasteiger partial charge in [-0.1, -0.05) is 60.4 Å². The van der Waals surface area contributed by atoms with Crippen LogP contribution in [0.2, 0.25) is 0 Å². The zero-order valence-electron chi connectivity index (χ0n) is 15.0. The lowest BCUT2D eigenvalue weighted by molar-refractivity contribution is -0.122. The van der Waals surface area contributed by atoms with Crippen LogP contribution < -0.4 is 10.9 Å². The van der Waals surface area contributed by atoms with E-state index in [1.807, 2.05) is 36.4 Å². The second kappa shape index (κ2) is 7.57. The van der Waals surface area contributed by atoms with E-state index in [0.29, 0.717) is 32.8 Å². The van der Waals surface area contributed by atoms with Crippen molar-refractivity contribution in [2.45, 2.75) is 6.54 Å². The number of aromatic nitrogens is 2. The van der Waals surface area contributed by atoms with Crippen LogP contribution in [0.1, 0.15) is 11.1 Å². The Labute approximate surface area is 170 Å². The minimum atomic E-state index is -0.247. The molecule has 28 heavy (non-hydrogen) atoms. The maximum Gasteiger partial charge on any atom is 0.267 e. The Morgan fingerprint density at radius 1 is 1.14 bits per heavy atom. The number of hydrogen-bond acceptors (Lipinski definition) is 6. The van der Waals surface area contributed by atoms with Gasteiger partial charge in [-0.25, -0.2) is 4.98 Å². The van der Waals surface area contributed by atoms with Crippen molar-refractivity contribution in [3.05, 3.63) is 81.1 Å². The van der Waals surface area contributed by atoms with Crippen LogP contribution in [-0.4, -0.2) is 31.6 Å². The molecule has 4 rings (SSSR count). The van der Waals surface area contributed by atoms with E-state index in [-0.39, 0.29) is 11.5 Å². The molecule has 3 aromatic rings. The Bertz CT molecular complexity index is 1170. The molecule has 6 nitrogen and oxygen atoms in total. The molecule has 0 radical (unpaired) electrons. The third-order valence-corrected chi connectivity index (χ3v) is 5.72. The van der Waals surface area contributed by atoms with E-state index in [4.69, 9.17) is 12.2 Å². The van der Waals surface area contributed by atoms with Crippen molar-refractivity contribution in [3.63, 3.8) is 0 Å². The van der Waals surface area contributed by atoms with Gasteiger partial charge in [-0.3, -0.25) is 18.9 Å². The van der Waals surface area contributed by atoms with E-state index in [1.165, 1.54) is 16.2 Å². The topological polar surface area (TPSA) is 66.7 Å². The number of carbonyl (C=O) groups excluding carboxylic acids is 1. The standard InChI is InChI=1S/C20H16N4O2S2/c1-21-17-14(18(25)23-10-6-5-9-16(23)22-17)11-15-19(26)24(20(27)28-15)12-13-7-3-2-4-8-13/h2-11,21H,12H2,1H3. The first kappa shape index (κ1) is 18.4. The van der Waals surface area contributed by atoms with Gasteiger partial charge in [0.15, 0.2) is 0 Å². The van der Waals surface area contributed by atoms with Crippen molar-refractivity contribution in [2.75, 3.05) is 12.4 Å². The highest BCUT2D eigenvalue weighted by Crippen LogP contribution is 2.34. The molecule has 1 saturated heterocycles. The Hall–Kier alpha value is -2.97. The molecular formula is C20H16N4O2S2. The van der Waals surface area contributed by atoms with Crippen LogP contribution in [0.5, 0.6) is 0 Å². The summed E-state index contributed by atoms with van der Waals surface area (Å²) < 4.78 is 1.93. The summed E-state index contributed by atoms with van der Waals surface area (Å²) in [6.45, 7) is 0.399. The molecule has 3 heterocycles. The second-order valence-electron chi connectivity index (χ2n) is 6.11. The number of benzene rings is 1. The lowest BCUT2D eigenvalue weighted by atomic mass is 10.2. The Kier molecular flexibility index (Phi) is 4.97. The van der Waals surface area contributed by atoms with Gasteiger partial charge in [-0.2, -0.15) is 0 Å². The molecule has 1 aliphatic heterocycles. The van der Waals surface area contributed by atoms with E-state index in [2.05, 4.69) is 10.3 Å². The molecule has 0 spiro atoms. The number of rotatable bonds is 4. The summed E-state index contributed by atoms with van der Waals surface area (Å²) in [5, 5.41) is 2.94. The maximum atomic E-state index is 12.9. The van der Waals surface area contributed by atoms with Crippen LogP contribution in [0, 0.1) is 0 Å². The number of pyridine rings is 1. The highest BCUT2D eigenvalue weighted by atomic mass is 32.2. The Morgan fingerprint density at radius 2 is 1.89 bits per heavy atom. The Morgan fingerprint density at radius 3 is 2.64 bits per heavy atom. The first-order chi connectivity index (χ1) is 13.6. The van der Waals surface area contributed by atoms with Gasteiger partial charge in [-0.15, -0.1) is 0 Å². The first-order valence-electron chi connectivity index (χ1n) is 8.57. The van der Waals surface area contributed by atoms with Gasteiger partial charge in [0.1, 0.15) is 15.8 Å². The van der Waals surface area contributed by atoms with Crippen LogP contribution in [-0.2, 0) is 11.3 Å². The monoisotopic (exact) mass is 408 g/mol. The highest BCUT2D eigenvalue weighted by Gasteiger charge is 2.32. The second-order valence-corrected chi connectivity index (χ2v) is 7.79. The molecule has 0 unspecified atom stereocenters. The summed E-state index contributed by atoms with van der Waals surface area (Å²) >= 11 is 6.59. The molecular weight excluding hydrogens is 392 g/mol. The van der Waals surface area contributed by atoms with E-state index in [1.54, 1.807) is 36.4 Å². The number of amides is 1. The first-order valence-corrected chi connectivity index (χ1v) is 9.79. The molecule has 140 valence electrons. The zero-order valence-corrected chi connectivity index (χ0v) is 16.6. The highest BCUT2D eigenvalue weighted by molar-refractivity contribution is 8.26. The van der Waals surface area contributed by atoms with Gasteiger partial charge in [-0.05, 0) is 23.8 Å². The number of fused-ring (bicyclic) bond motifs is 1. The number of carbonyl (C=O) groups is 1. The van der Waals surface area contributed by atoms with Crippen molar-refractivity contribution in [1.29, 1.82) is 0 Å². The third-order valence-electron chi connectivity index (χ3n) is 4.34. The van der Waals surface area contributed by atoms with Gasteiger partial charge < -0.3 is 5.32 Å². The summed E-state index contributed by atoms with van der Waals surface area (Å²) in [5.41, 5.74) is 1.60. The largest absolute Gasteiger partial charge is 0.372 e. The van der Waals surface area contributed by atoms with E-state index < -0.39 is 0 Å². The quantitative estimate of drug-likeness (QED) is 0.529. The van der Waals surface area contributed by atoms with Crippen LogP contribution >= 0.6 is 24.0 Å². The van der Waals surface area contributed by atoms with Crippen molar-refractivity contribution in [2.24, 2.45) is 0 Å².